The standard InChI is InChI=1S/C63H114O6/c1-4-7-10-13-16-19-22-25-28-30-31-33-36-39-42-45-48-51-54-57-63(66)69-60(58-67-61(64)55-52-49-46-43-40-37-34-27-24-21-18-15-12-9-6-3)59-68-62(65)56-53-50-47-44-41-38-35-32-29-26-23-20-17-14-11-8-5-2/h8,11,17,20,26,29,35,38,60H,4-7,9-10,12-16,18-19,21-25,27-28,30-34,36-37,39-59H2,1-3H3/b11-8-,20-17-,29-26-,38-35-/t60-/m0/s1. The first-order valence-corrected chi connectivity index (χ1v) is 30.1. The summed E-state index contributed by atoms with van der Waals surface area (Å²) < 4.78 is 16.9. The van der Waals surface area contributed by atoms with Crippen molar-refractivity contribution in [1.29, 1.82) is 0 Å². The maximum Gasteiger partial charge on any atom is 0.306 e. The van der Waals surface area contributed by atoms with Crippen LogP contribution >= 0.6 is 0 Å². The molecule has 0 fully saturated rings. The Labute approximate surface area is 428 Å². The van der Waals surface area contributed by atoms with Crippen LogP contribution in [0.3, 0.4) is 0 Å². The Hall–Kier alpha value is -2.63. The summed E-state index contributed by atoms with van der Waals surface area (Å²) in [6, 6.07) is 0. The molecule has 0 aliphatic carbocycles. The number of ether oxygens (including phenoxy) is 3. The van der Waals surface area contributed by atoms with E-state index in [-0.39, 0.29) is 31.1 Å². The molecule has 6 heteroatoms. The number of carbonyl (C=O) groups is 3. The predicted octanol–water partition coefficient (Wildman–Crippen LogP) is 20.2. The maximum absolute atomic E-state index is 12.9. The van der Waals surface area contributed by atoms with Crippen molar-refractivity contribution in [2.24, 2.45) is 0 Å². The van der Waals surface area contributed by atoms with Crippen LogP contribution in [0.2, 0.25) is 0 Å². The quantitative estimate of drug-likeness (QED) is 0.0262. The van der Waals surface area contributed by atoms with Gasteiger partial charge in [0.15, 0.2) is 6.10 Å². The zero-order chi connectivity index (χ0) is 50.0. The van der Waals surface area contributed by atoms with E-state index in [0.29, 0.717) is 19.3 Å². The number of esters is 3. The van der Waals surface area contributed by atoms with Crippen molar-refractivity contribution >= 4 is 17.9 Å². The molecule has 402 valence electrons. The van der Waals surface area contributed by atoms with E-state index in [1.54, 1.807) is 0 Å². The molecule has 1 atom stereocenters. The van der Waals surface area contributed by atoms with Crippen LogP contribution in [0.5, 0.6) is 0 Å². The number of rotatable bonds is 55. The van der Waals surface area contributed by atoms with Crippen LogP contribution in [0.1, 0.15) is 316 Å². The fourth-order valence-corrected chi connectivity index (χ4v) is 8.85. The van der Waals surface area contributed by atoms with E-state index < -0.39 is 6.10 Å². The Morgan fingerprint density at radius 2 is 0.565 bits per heavy atom. The van der Waals surface area contributed by atoms with Crippen LogP contribution in [0.25, 0.3) is 0 Å². The van der Waals surface area contributed by atoms with Crippen molar-refractivity contribution in [2.45, 2.75) is 322 Å². The Bertz CT molecular complexity index is 1200. The van der Waals surface area contributed by atoms with E-state index in [4.69, 9.17) is 14.2 Å². The minimum atomic E-state index is -0.780. The van der Waals surface area contributed by atoms with Crippen LogP contribution in [-0.2, 0) is 28.6 Å². The van der Waals surface area contributed by atoms with Gasteiger partial charge in [-0.1, -0.05) is 288 Å². The van der Waals surface area contributed by atoms with Crippen molar-refractivity contribution in [2.75, 3.05) is 13.2 Å². The summed E-state index contributed by atoms with van der Waals surface area (Å²) in [5, 5.41) is 0. The number of carbonyl (C=O) groups excluding carboxylic acids is 3. The van der Waals surface area contributed by atoms with Crippen molar-refractivity contribution in [3.8, 4) is 0 Å². The van der Waals surface area contributed by atoms with Crippen LogP contribution in [0.15, 0.2) is 48.6 Å². The summed E-state index contributed by atoms with van der Waals surface area (Å²) in [5.41, 5.74) is 0. The Morgan fingerprint density at radius 3 is 0.884 bits per heavy atom. The van der Waals surface area contributed by atoms with Gasteiger partial charge in [0.2, 0.25) is 0 Å². The van der Waals surface area contributed by atoms with Crippen LogP contribution in [-0.4, -0.2) is 37.2 Å². The van der Waals surface area contributed by atoms with E-state index >= 15 is 0 Å². The minimum Gasteiger partial charge on any atom is -0.462 e. The van der Waals surface area contributed by atoms with E-state index in [2.05, 4.69) is 69.4 Å². The molecular formula is C63H114O6. The Balaban J connectivity index is 4.36. The van der Waals surface area contributed by atoms with Gasteiger partial charge in [0.1, 0.15) is 13.2 Å². The molecule has 6 nitrogen and oxygen atoms in total. The number of unbranched alkanes of at least 4 members (excludes halogenated alkanes) is 36. The van der Waals surface area contributed by atoms with Crippen molar-refractivity contribution < 1.29 is 28.6 Å². The fraction of sp³-hybridized carbons (Fsp3) is 0.825. The summed E-state index contributed by atoms with van der Waals surface area (Å²) in [7, 11) is 0. The third kappa shape index (κ3) is 56.2. The molecule has 0 heterocycles. The largest absolute Gasteiger partial charge is 0.462 e. The van der Waals surface area contributed by atoms with Gasteiger partial charge in [0, 0.05) is 19.3 Å². The lowest BCUT2D eigenvalue weighted by Crippen LogP contribution is -2.30. The van der Waals surface area contributed by atoms with Gasteiger partial charge in [0.25, 0.3) is 0 Å². The van der Waals surface area contributed by atoms with Crippen LogP contribution in [0.4, 0.5) is 0 Å². The van der Waals surface area contributed by atoms with Gasteiger partial charge < -0.3 is 14.2 Å². The van der Waals surface area contributed by atoms with Gasteiger partial charge in [-0.2, -0.15) is 0 Å². The monoisotopic (exact) mass is 967 g/mol. The second kappa shape index (κ2) is 57.9. The van der Waals surface area contributed by atoms with E-state index in [1.165, 1.54) is 180 Å². The van der Waals surface area contributed by atoms with E-state index in [0.717, 1.165) is 96.3 Å². The average molecular weight is 968 g/mol. The highest BCUT2D eigenvalue weighted by atomic mass is 16.6. The summed E-state index contributed by atoms with van der Waals surface area (Å²) in [4.78, 5) is 38.2. The molecule has 0 N–H and O–H groups in total. The van der Waals surface area contributed by atoms with Gasteiger partial charge >= 0.3 is 17.9 Å². The molecule has 0 bridgehead atoms. The van der Waals surface area contributed by atoms with Gasteiger partial charge in [0.05, 0.1) is 0 Å². The third-order valence-corrected chi connectivity index (χ3v) is 13.3. The lowest BCUT2D eigenvalue weighted by atomic mass is 10.0. The number of hydrogen-bond donors (Lipinski definition) is 0. The first kappa shape index (κ1) is 66.4. The van der Waals surface area contributed by atoms with E-state index in [9.17, 15) is 14.4 Å². The van der Waals surface area contributed by atoms with Gasteiger partial charge in [-0.05, 0) is 57.8 Å². The van der Waals surface area contributed by atoms with Crippen molar-refractivity contribution in [3.63, 3.8) is 0 Å². The summed E-state index contributed by atoms with van der Waals surface area (Å²) in [5.74, 6) is -0.881. The molecule has 0 radical (unpaired) electrons. The molecule has 0 saturated carbocycles. The molecule has 0 saturated heterocycles. The first-order valence-electron chi connectivity index (χ1n) is 30.1. The van der Waals surface area contributed by atoms with Gasteiger partial charge in [-0.15, -0.1) is 0 Å². The second-order valence-electron chi connectivity index (χ2n) is 20.2. The van der Waals surface area contributed by atoms with Crippen molar-refractivity contribution in [3.05, 3.63) is 48.6 Å². The van der Waals surface area contributed by atoms with Gasteiger partial charge in [-0.3, -0.25) is 14.4 Å². The average Bonchev–Trinajstić information content (AvgIpc) is 3.35. The molecule has 0 aliphatic rings. The van der Waals surface area contributed by atoms with Crippen LogP contribution < -0.4 is 0 Å². The molecule has 0 aromatic heterocycles. The van der Waals surface area contributed by atoms with Crippen LogP contribution in [0, 0.1) is 0 Å². The Kier molecular flexibility index (Phi) is 55.7. The highest BCUT2D eigenvalue weighted by molar-refractivity contribution is 5.71. The first-order chi connectivity index (χ1) is 34.0. The molecule has 0 rings (SSSR count). The Morgan fingerprint density at radius 1 is 0.304 bits per heavy atom. The normalized spacial score (nSPS) is 12.3. The fourth-order valence-electron chi connectivity index (χ4n) is 8.85. The molecular weight excluding hydrogens is 853 g/mol. The highest BCUT2D eigenvalue weighted by Crippen LogP contribution is 2.17. The van der Waals surface area contributed by atoms with Gasteiger partial charge in [-0.25, -0.2) is 0 Å². The SMILES string of the molecule is CC/C=C\C/C=C\C/C=C\C/C=C\CCCCCCC(=O)OC[C@H](COC(=O)CCCCCCCCCCCCCCCCC)OC(=O)CCCCCCCCCCCCCCCCCCCCC. The molecule has 0 unspecified atom stereocenters. The smallest absolute Gasteiger partial charge is 0.306 e. The van der Waals surface area contributed by atoms with E-state index in [1.807, 2.05) is 0 Å². The summed E-state index contributed by atoms with van der Waals surface area (Å²) >= 11 is 0. The molecule has 0 aromatic rings. The molecule has 0 spiro atoms. The summed E-state index contributed by atoms with van der Waals surface area (Å²) in [6.07, 6.45) is 71.0. The lowest BCUT2D eigenvalue weighted by molar-refractivity contribution is -0.167. The number of hydrogen-bond acceptors (Lipinski definition) is 6. The topological polar surface area (TPSA) is 78.9 Å². The molecule has 0 aromatic carbocycles. The summed E-state index contributed by atoms with van der Waals surface area (Å²) in [6.45, 7) is 6.56. The van der Waals surface area contributed by atoms with Crippen molar-refractivity contribution in [1.82, 2.24) is 0 Å². The minimum absolute atomic E-state index is 0.0763. The zero-order valence-corrected chi connectivity index (χ0v) is 46.1. The number of allylic oxidation sites excluding steroid dienone is 8. The molecule has 0 aliphatic heterocycles. The second-order valence-corrected chi connectivity index (χ2v) is 20.2. The zero-order valence-electron chi connectivity index (χ0n) is 46.1. The highest BCUT2D eigenvalue weighted by Gasteiger charge is 2.19. The lowest BCUT2D eigenvalue weighted by Gasteiger charge is -2.18. The molecule has 0 amide bonds. The maximum atomic E-state index is 12.9. The predicted molar refractivity (Wildman–Crippen MR) is 298 cm³/mol. The molecule has 69 heavy (non-hydrogen) atoms. The third-order valence-electron chi connectivity index (χ3n) is 13.3.